The number of rotatable bonds is 16. The maximum atomic E-state index is 2.45. The number of nitrogens with zero attached hydrogens (tertiary/aromatic N) is 4. The van der Waals surface area contributed by atoms with Gasteiger partial charge in [-0.25, -0.2) is 18.3 Å². The molecule has 0 bridgehead atoms. The van der Waals surface area contributed by atoms with E-state index in [1.54, 1.807) is 0 Å². The zero-order valence-corrected chi connectivity index (χ0v) is 18.7. The summed E-state index contributed by atoms with van der Waals surface area (Å²) in [6.45, 7) is 10.1. The van der Waals surface area contributed by atoms with Gasteiger partial charge >= 0.3 is 0 Å². The van der Waals surface area contributed by atoms with Crippen LogP contribution in [0.15, 0.2) is 37.4 Å². The van der Waals surface area contributed by atoms with E-state index in [0.717, 1.165) is 19.6 Å². The quantitative estimate of drug-likeness (QED) is 0.268. The van der Waals surface area contributed by atoms with E-state index in [9.17, 15) is 0 Å². The molecular formula is C24H44N4+2. The molecule has 0 saturated heterocycles. The molecule has 1 atom stereocenters. The van der Waals surface area contributed by atoms with Gasteiger partial charge in [0.1, 0.15) is 37.4 Å². The molecule has 2 rings (SSSR count). The maximum Gasteiger partial charge on any atom is 0.244 e. The highest BCUT2D eigenvalue weighted by Gasteiger charge is 2.20. The van der Waals surface area contributed by atoms with Crippen molar-refractivity contribution in [2.24, 2.45) is 0 Å². The number of aromatic nitrogens is 4. The lowest BCUT2D eigenvalue weighted by atomic mass is 10.0. The van der Waals surface area contributed by atoms with Gasteiger partial charge < -0.3 is 0 Å². The van der Waals surface area contributed by atoms with Gasteiger partial charge in [-0.1, -0.05) is 65.7 Å². The number of unbranched alkanes of at least 4 members (excludes halogenated alkanes) is 7. The average molecular weight is 389 g/mol. The number of imidazole rings is 2. The van der Waals surface area contributed by atoms with Crippen LogP contribution in [-0.4, -0.2) is 9.13 Å². The SMILES string of the molecule is CCCCCCCCCCC(C[n+]1ccn(CCC)c1)n1cc[n+](CCC)c1. The third-order valence-corrected chi connectivity index (χ3v) is 5.66. The Morgan fingerprint density at radius 1 is 0.714 bits per heavy atom. The van der Waals surface area contributed by atoms with Gasteiger partial charge in [-0.15, -0.1) is 0 Å². The summed E-state index contributed by atoms with van der Waals surface area (Å²) in [5, 5.41) is 0. The van der Waals surface area contributed by atoms with Gasteiger partial charge in [0.05, 0.1) is 13.1 Å². The van der Waals surface area contributed by atoms with E-state index in [0.29, 0.717) is 6.04 Å². The molecule has 0 spiro atoms. The second kappa shape index (κ2) is 13.6. The molecule has 0 amide bonds. The van der Waals surface area contributed by atoms with Gasteiger partial charge in [-0.3, -0.25) is 0 Å². The van der Waals surface area contributed by atoms with Gasteiger partial charge in [-0.2, -0.15) is 0 Å². The van der Waals surface area contributed by atoms with Crippen LogP contribution in [-0.2, 0) is 19.6 Å². The molecule has 0 aliphatic heterocycles. The minimum atomic E-state index is 0.542. The average Bonchev–Trinajstić information content (AvgIpc) is 3.33. The van der Waals surface area contributed by atoms with Gasteiger partial charge in [0.25, 0.3) is 0 Å². The molecule has 0 fully saturated rings. The second-order valence-corrected chi connectivity index (χ2v) is 8.36. The molecule has 0 aliphatic rings. The summed E-state index contributed by atoms with van der Waals surface area (Å²) < 4.78 is 9.45. The van der Waals surface area contributed by atoms with Crippen molar-refractivity contribution in [2.75, 3.05) is 0 Å². The van der Waals surface area contributed by atoms with Crippen molar-refractivity contribution < 1.29 is 9.13 Å². The van der Waals surface area contributed by atoms with Crippen LogP contribution in [0.2, 0.25) is 0 Å². The predicted octanol–water partition coefficient (Wildman–Crippen LogP) is 5.46. The number of hydrogen-bond donors (Lipinski definition) is 0. The number of hydrogen-bond acceptors (Lipinski definition) is 0. The lowest BCUT2D eigenvalue weighted by Crippen LogP contribution is -2.37. The van der Waals surface area contributed by atoms with Crippen LogP contribution < -0.4 is 9.13 Å². The molecule has 0 saturated carbocycles. The molecule has 4 heteroatoms. The molecular weight excluding hydrogens is 344 g/mol. The van der Waals surface area contributed by atoms with E-state index in [4.69, 9.17) is 0 Å². The van der Waals surface area contributed by atoms with Gasteiger partial charge in [0, 0.05) is 0 Å². The number of aryl methyl sites for hydroxylation is 2. The summed E-state index contributed by atoms with van der Waals surface area (Å²) in [5.41, 5.74) is 0. The van der Waals surface area contributed by atoms with Crippen LogP contribution in [0, 0.1) is 0 Å². The second-order valence-electron chi connectivity index (χ2n) is 8.36. The first-order chi connectivity index (χ1) is 13.8. The van der Waals surface area contributed by atoms with Gasteiger partial charge in [-0.05, 0) is 25.7 Å². The van der Waals surface area contributed by atoms with Crippen LogP contribution in [0.3, 0.4) is 0 Å². The first-order valence-electron chi connectivity index (χ1n) is 11.9. The Morgan fingerprint density at radius 2 is 1.43 bits per heavy atom. The third kappa shape index (κ3) is 8.20. The van der Waals surface area contributed by atoms with Gasteiger partial charge in [0.2, 0.25) is 12.7 Å². The van der Waals surface area contributed by atoms with Crippen molar-refractivity contribution in [1.82, 2.24) is 9.13 Å². The minimum Gasteiger partial charge on any atom is -0.237 e. The Hall–Kier alpha value is -1.58. The standard InChI is InChI=1S/C24H44N4/c1-4-7-8-9-10-11-12-13-14-24(28-20-19-26(23-28)16-6-3)21-27-18-17-25(22-27)15-5-2/h17-20,22-24H,4-16,21H2,1-3H3/q+2. The Morgan fingerprint density at radius 3 is 2.14 bits per heavy atom. The molecule has 2 aromatic heterocycles. The topological polar surface area (TPSA) is 17.6 Å². The fourth-order valence-electron chi connectivity index (χ4n) is 4.05. The lowest BCUT2D eigenvalue weighted by molar-refractivity contribution is -0.705. The van der Waals surface area contributed by atoms with Gasteiger partial charge in [0.15, 0.2) is 0 Å². The summed E-state index contributed by atoms with van der Waals surface area (Å²) in [6, 6.07) is 0.542. The summed E-state index contributed by atoms with van der Waals surface area (Å²) in [4.78, 5) is 0. The highest BCUT2D eigenvalue weighted by molar-refractivity contribution is 4.75. The maximum absolute atomic E-state index is 2.45. The molecule has 0 aromatic carbocycles. The summed E-state index contributed by atoms with van der Waals surface area (Å²) in [6.07, 6.45) is 28.3. The van der Waals surface area contributed by atoms with Crippen LogP contribution in [0.5, 0.6) is 0 Å². The first kappa shape index (κ1) is 22.7. The fourth-order valence-corrected chi connectivity index (χ4v) is 4.05. The van der Waals surface area contributed by atoms with Crippen molar-refractivity contribution >= 4 is 0 Å². The van der Waals surface area contributed by atoms with Crippen LogP contribution in [0.4, 0.5) is 0 Å². The predicted molar refractivity (Wildman–Crippen MR) is 116 cm³/mol. The molecule has 0 N–H and O–H groups in total. The van der Waals surface area contributed by atoms with E-state index in [1.165, 1.54) is 70.6 Å². The highest BCUT2D eigenvalue weighted by atomic mass is 15.2. The molecule has 158 valence electrons. The Balaban J connectivity index is 1.86. The molecule has 1 unspecified atom stereocenters. The first-order valence-corrected chi connectivity index (χ1v) is 11.9. The van der Waals surface area contributed by atoms with E-state index >= 15 is 0 Å². The van der Waals surface area contributed by atoms with Crippen molar-refractivity contribution in [3.05, 3.63) is 37.4 Å². The third-order valence-electron chi connectivity index (χ3n) is 5.66. The van der Waals surface area contributed by atoms with Crippen LogP contribution in [0.1, 0.15) is 97.4 Å². The van der Waals surface area contributed by atoms with E-state index in [-0.39, 0.29) is 0 Å². The van der Waals surface area contributed by atoms with Crippen LogP contribution >= 0.6 is 0 Å². The Labute approximate surface area is 173 Å². The fraction of sp³-hybridized carbons (Fsp3) is 0.750. The summed E-state index contributed by atoms with van der Waals surface area (Å²) in [7, 11) is 0. The summed E-state index contributed by atoms with van der Waals surface area (Å²) >= 11 is 0. The monoisotopic (exact) mass is 388 g/mol. The smallest absolute Gasteiger partial charge is 0.237 e. The zero-order valence-electron chi connectivity index (χ0n) is 18.7. The molecule has 2 heterocycles. The van der Waals surface area contributed by atoms with E-state index < -0.39 is 0 Å². The molecule has 28 heavy (non-hydrogen) atoms. The van der Waals surface area contributed by atoms with E-state index in [2.05, 4.69) is 76.5 Å². The zero-order chi connectivity index (χ0) is 20.0. The largest absolute Gasteiger partial charge is 0.244 e. The Kier molecular flexibility index (Phi) is 11.0. The van der Waals surface area contributed by atoms with Crippen molar-refractivity contribution in [1.29, 1.82) is 0 Å². The van der Waals surface area contributed by atoms with Crippen molar-refractivity contribution in [3.8, 4) is 0 Å². The van der Waals surface area contributed by atoms with Crippen molar-refractivity contribution in [3.63, 3.8) is 0 Å². The molecule has 2 aromatic rings. The highest BCUT2D eigenvalue weighted by Crippen LogP contribution is 2.17. The molecule has 0 aliphatic carbocycles. The lowest BCUT2D eigenvalue weighted by Gasteiger charge is -2.12. The van der Waals surface area contributed by atoms with Crippen molar-refractivity contribution in [2.45, 2.75) is 117 Å². The normalized spacial score (nSPS) is 12.5. The molecule has 4 nitrogen and oxygen atoms in total. The van der Waals surface area contributed by atoms with Crippen LogP contribution in [0.25, 0.3) is 0 Å². The summed E-state index contributed by atoms with van der Waals surface area (Å²) in [5.74, 6) is 0. The van der Waals surface area contributed by atoms with E-state index in [1.807, 2.05) is 0 Å². The minimum absolute atomic E-state index is 0.542. The Bertz CT molecular complexity index is 628. The molecule has 0 radical (unpaired) electrons.